The van der Waals surface area contributed by atoms with Crippen molar-refractivity contribution < 1.29 is 0 Å². The predicted octanol–water partition coefficient (Wildman–Crippen LogP) is 4.84. The third-order valence-corrected chi connectivity index (χ3v) is 6.31. The topological polar surface area (TPSA) is 44.5 Å². The zero-order chi connectivity index (χ0) is 20.4. The molecule has 1 aromatic rings. The summed E-state index contributed by atoms with van der Waals surface area (Å²) in [6.07, 6.45) is 9.01. The Labute approximate surface area is 175 Å². The molecular formula is C25H34N4. The first kappa shape index (κ1) is 19.8. The van der Waals surface area contributed by atoms with Gasteiger partial charge in [0.15, 0.2) is 0 Å². The number of hydrogen-bond acceptors (Lipinski definition) is 4. The van der Waals surface area contributed by atoms with E-state index in [0.717, 1.165) is 50.5 Å². The van der Waals surface area contributed by atoms with Crippen LogP contribution in [0.2, 0.25) is 0 Å². The van der Waals surface area contributed by atoms with Crippen LogP contribution in [0.3, 0.4) is 0 Å². The minimum absolute atomic E-state index is 0.907. The van der Waals surface area contributed by atoms with Gasteiger partial charge in [0.2, 0.25) is 0 Å². The summed E-state index contributed by atoms with van der Waals surface area (Å²) in [5, 5.41) is 3.56. The molecule has 0 saturated carbocycles. The van der Waals surface area contributed by atoms with E-state index < -0.39 is 0 Å². The zero-order valence-electron chi connectivity index (χ0n) is 17.9. The quantitative estimate of drug-likeness (QED) is 0.706. The molecule has 1 fully saturated rings. The zero-order valence-corrected chi connectivity index (χ0v) is 17.9. The molecule has 4 rings (SSSR count). The first-order valence-corrected chi connectivity index (χ1v) is 11.0. The molecule has 0 unspecified atom stereocenters. The summed E-state index contributed by atoms with van der Waals surface area (Å²) >= 11 is 0. The number of rotatable bonds is 5. The second kappa shape index (κ2) is 8.50. The van der Waals surface area contributed by atoms with Crippen molar-refractivity contribution >= 4 is 11.3 Å². The van der Waals surface area contributed by atoms with Crippen LogP contribution in [-0.4, -0.2) is 36.0 Å². The molecule has 2 aliphatic heterocycles. The summed E-state index contributed by atoms with van der Waals surface area (Å²) in [6, 6.07) is 6.95. The number of benzene rings is 1. The van der Waals surface area contributed by atoms with Gasteiger partial charge in [-0.2, -0.15) is 0 Å². The highest BCUT2D eigenvalue weighted by Gasteiger charge is 2.25. The van der Waals surface area contributed by atoms with Crippen LogP contribution in [0, 0.1) is 0 Å². The average molecular weight is 391 g/mol. The summed E-state index contributed by atoms with van der Waals surface area (Å²) in [4.78, 5) is 4.97. The van der Waals surface area contributed by atoms with Crippen molar-refractivity contribution in [1.29, 1.82) is 0 Å². The van der Waals surface area contributed by atoms with Gasteiger partial charge >= 0.3 is 0 Å². The number of piperazine rings is 1. The van der Waals surface area contributed by atoms with Crippen molar-refractivity contribution in [2.75, 3.05) is 31.5 Å². The fourth-order valence-electron chi connectivity index (χ4n) is 4.79. The van der Waals surface area contributed by atoms with Gasteiger partial charge in [-0.1, -0.05) is 31.7 Å². The molecular weight excluding hydrogens is 356 g/mol. The Morgan fingerprint density at radius 3 is 2.66 bits per heavy atom. The van der Waals surface area contributed by atoms with E-state index in [1.807, 2.05) is 6.92 Å². The lowest BCUT2D eigenvalue weighted by Gasteiger charge is -2.37. The molecule has 1 saturated heterocycles. The molecule has 4 nitrogen and oxygen atoms in total. The fraction of sp³-hybridized carbons (Fsp3) is 0.440. The number of nitrogens with zero attached hydrogens (tertiary/aromatic N) is 2. The molecule has 0 aromatic heterocycles. The van der Waals surface area contributed by atoms with Gasteiger partial charge in [0.25, 0.3) is 0 Å². The number of allylic oxidation sites excluding steroid dienone is 5. The van der Waals surface area contributed by atoms with Crippen LogP contribution < -0.4 is 11.1 Å². The van der Waals surface area contributed by atoms with Gasteiger partial charge in [-0.05, 0) is 61.5 Å². The van der Waals surface area contributed by atoms with Gasteiger partial charge in [-0.25, -0.2) is 0 Å². The molecule has 4 heteroatoms. The first-order chi connectivity index (χ1) is 14.1. The van der Waals surface area contributed by atoms with E-state index in [2.05, 4.69) is 59.0 Å². The van der Waals surface area contributed by atoms with Crippen molar-refractivity contribution in [2.24, 2.45) is 5.73 Å². The van der Waals surface area contributed by atoms with E-state index >= 15 is 0 Å². The standard InChI is InChI=1S/C25H34N4/c1-4-5-9-25(18(2)26)29-14-12-28(13-15-29)17-20-10-11-23-22-8-6-7-21(22)19(3)27-24(23)16-20/h5,9-11,16,27H,3-4,6-8,12-15,17,26H2,1-2H3/b9-5-,25-18+. The van der Waals surface area contributed by atoms with Crippen LogP contribution >= 0.6 is 0 Å². The van der Waals surface area contributed by atoms with E-state index in [0.29, 0.717) is 0 Å². The Morgan fingerprint density at radius 2 is 1.93 bits per heavy atom. The lowest BCUT2D eigenvalue weighted by Crippen LogP contribution is -2.45. The molecule has 154 valence electrons. The summed E-state index contributed by atoms with van der Waals surface area (Å²) < 4.78 is 0. The Balaban J connectivity index is 1.41. The Hall–Kier alpha value is -2.46. The average Bonchev–Trinajstić information content (AvgIpc) is 3.20. The monoisotopic (exact) mass is 390 g/mol. The van der Waals surface area contributed by atoms with Crippen molar-refractivity contribution in [3.63, 3.8) is 0 Å². The van der Waals surface area contributed by atoms with E-state index in [9.17, 15) is 0 Å². The molecule has 0 atom stereocenters. The smallest absolute Gasteiger partial charge is 0.0551 e. The van der Waals surface area contributed by atoms with Crippen LogP contribution in [0.5, 0.6) is 0 Å². The molecule has 29 heavy (non-hydrogen) atoms. The summed E-state index contributed by atoms with van der Waals surface area (Å²) in [5.41, 5.74) is 16.3. The lowest BCUT2D eigenvalue weighted by molar-refractivity contribution is 0.155. The Kier molecular flexibility index (Phi) is 5.81. The second-order valence-corrected chi connectivity index (χ2v) is 8.44. The number of anilines is 1. The highest BCUT2D eigenvalue weighted by Crippen LogP contribution is 2.44. The van der Waals surface area contributed by atoms with Gasteiger partial charge < -0.3 is 16.0 Å². The third-order valence-electron chi connectivity index (χ3n) is 6.31. The van der Waals surface area contributed by atoms with Crippen molar-refractivity contribution in [2.45, 2.75) is 46.1 Å². The number of fused-ring (bicyclic) bond motifs is 2. The molecule has 0 bridgehead atoms. The number of hydrogen-bond donors (Lipinski definition) is 2. The van der Waals surface area contributed by atoms with Crippen molar-refractivity contribution in [3.05, 3.63) is 70.7 Å². The maximum absolute atomic E-state index is 6.13. The fourth-order valence-corrected chi connectivity index (χ4v) is 4.79. The molecule has 0 spiro atoms. The summed E-state index contributed by atoms with van der Waals surface area (Å²) in [5.74, 6) is 0. The highest BCUT2D eigenvalue weighted by molar-refractivity contribution is 5.87. The maximum atomic E-state index is 6.13. The van der Waals surface area contributed by atoms with Crippen LogP contribution in [0.4, 0.5) is 5.69 Å². The van der Waals surface area contributed by atoms with E-state index in [1.165, 1.54) is 52.9 Å². The highest BCUT2D eigenvalue weighted by atomic mass is 15.3. The van der Waals surface area contributed by atoms with Crippen LogP contribution in [-0.2, 0) is 6.54 Å². The normalized spacial score (nSPS) is 20.6. The SMILES string of the molecule is C=C1Nc2cc(CN3CCN(C(/C=C\CC)=C(\C)N)CC3)ccc2C2=C1CCC2. The maximum Gasteiger partial charge on any atom is 0.0551 e. The summed E-state index contributed by atoms with van der Waals surface area (Å²) in [6.45, 7) is 13.6. The minimum Gasteiger partial charge on any atom is -0.401 e. The molecule has 0 radical (unpaired) electrons. The largest absolute Gasteiger partial charge is 0.401 e. The van der Waals surface area contributed by atoms with Gasteiger partial charge in [-0.3, -0.25) is 4.90 Å². The second-order valence-electron chi connectivity index (χ2n) is 8.44. The van der Waals surface area contributed by atoms with Gasteiger partial charge in [-0.15, -0.1) is 0 Å². The number of nitrogens with one attached hydrogen (secondary N) is 1. The van der Waals surface area contributed by atoms with E-state index in [4.69, 9.17) is 5.73 Å². The van der Waals surface area contributed by atoms with Gasteiger partial charge in [0, 0.05) is 55.4 Å². The van der Waals surface area contributed by atoms with Crippen molar-refractivity contribution in [1.82, 2.24) is 9.80 Å². The summed E-state index contributed by atoms with van der Waals surface area (Å²) in [7, 11) is 0. The molecule has 1 aliphatic carbocycles. The molecule has 0 amide bonds. The van der Waals surface area contributed by atoms with E-state index in [1.54, 1.807) is 0 Å². The molecule has 3 aliphatic rings. The molecule has 2 heterocycles. The number of nitrogens with two attached hydrogens (primary N) is 1. The van der Waals surface area contributed by atoms with Gasteiger partial charge in [0.1, 0.15) is 0 Å². The van der Waals surface area contributed by atoms with Crippen molar-refractivity contribution in [3.8, 4) is 0 Å². The predicted molar refractivity (Wildman–Crippen MR) is 123 cm³/mol. The third kappa shape index (κ3) is 4.13. The lowest BCUT2D eigenvalue weighted by atomic mass is 9.93. The minimum atomic E-state index is 0.907. The van der Waals surface area contributed by atoms with Crippen LogP contribution in [0.25, 0.3) is 5.57 Å². The Morgan fingerprint density at radius 1 is 1.17 bits per heavy atom. The Bertz CT molecular complexity index is 878. The molecule has 3 N–H and O–H groups in total. The van der Waals surface area contributed by atoms with Crippen LogP contribution in [0.15, 0.2) is 59.6 Å². The van der Waals surface area contributed by atoms with E-state index in [-0.39, 0.29) is 0 Å². The van der Waals surface area contributed by atoms with Gasteiger partial charge in [0.05, 0.1) is 5.70 Å². The first-order valence-electron chi connectivity index (χ1n) is 11.0. The molecule has 1 aromatic carbocycles. The van der Waals surface area contributed by atoms with Crippen LogP contribution in [0.1, 0.15) is 50.7 Å².